The summed E-state index contributed by atoms with van der Waals surface area (Å²) in [4.78, 5) is 52.1. The summed E-state index contributed by atoms with van der Waals surface area (Å²) in [6.07, 6.45) is -4.37. The van der Waals surface area contributed by atoms with Gasteiger partial charge in [-0.15, -0.1) is 0 Å². The van der Waals surface area contributed by atoms with Crippen molar-refractivity contribution in [2.24, 2.45) is 0 Å². The number of rotatable bonds is 7. The minimum Gasteiger partial charge on any atom is -0.370 e. The minimum absolute atomic E-state index is 0.397. The minimum atomic E-state index is -4.99. The molecule has 0 aromatic carbocycles. The van der Waals surface area contributed by atoms with E-state index in [2.05, 4.69) is 13.6 Å². The third kappa shape index (κ3) is 8.80. The molecule has 0 unspecified atom stereocenters. The fourth-order valence-corrected chi connectivity index (χ4v) is 3.15. The van der Waals surface area contributed by atoms with E-state index >= 15 is 0 Å². The topological polar surface area (TPSA) is 210 Å². The third-order valence-electron chi connectivity index (χ3n) is 2.37. The molecule has 1 aliphatic rings. The molecule has 1 rings (SSSR count). The second-order valence-electron chi connectivity index (χ2n) is 4.25. The highest BCUT2D eigenvalue weighted by Gasteiger charge is 2.40. The number of hydrogen-bond donors (Lipinski definition) is 6. The van der Waals surface area contributed by atoms with Crippen molar-refractivity contribution in [2.75, 3.05) is 13.2 Å². The van der Waals surface area contributed by atoms with E-state index in [1.807, 2.05) is 0 Å². The molecule has 16 heteroatoms. The Morgan fingerprint density at radius 3 is 1.91 bits per heavy atom. The molecule has 1 aliphatic heterocycles. The van der Waals surface area contributed by atoms with Gasteiger partial charge in [-0.3, -0.25) is 13.6 Å². The highest BCUT2D eigenvalue weighted by atomic mass is 31.2. The van der Waals surface area contributed by atoms with Crippen LogP contribution in [0.2, 0.25) is 0 Å². The smallest absolute Gasteiger partial charge is 0.370 e. The van der Waals surface area contributed by atoms with Gasteiger partial charge in [-0.05, 0) is 0 Å². The molecule has 0 aromatic heterocycles. The lowest BCUT2D eigenvalue weighted by Crippen LogP contribution is -2.45. The molecule has 0 aliphatic carbocycles. The predicted molar refractivity (Wildman–Crippen MR) is 66.2 cm³/mol. The zero-order chi connectivity index (χ0) is 17.2. The van der Waals surface area contributed by atoms with Crippen LogP contribution in [-0.2, 0) is 32.0 Å². The Balaban J connectivity index is 2.74. The van der Waals surface area contributed by atoms with Crippen LogP contribution in [0.5, 0.6) is 0 Å². The molecule has 0 saturated carbocycles. The van der Waals surface area contributed by atoms with Gasteiger partial charge in [-0.2, -0.15) is 0 Å². The zero-order valence-corrected chi connectivity index (χ0v) is 13.4. The normalized spacial score (nSPS) is 27.8. The number of hydrogen-bond acceptors (Lipinski definition) is 7. The van der Waals surface area contributed by atoms with E-state index in [0.717, 1.165) is 0 Å². The van der Waals surface area contributed by atoms with E-state index in [1.54, 1.807) is 0 Å². The van der Waals surface area contributed by atoms with Gasteiger partial charge >= 0.3 is 23.5 Å². The van der Waals surface area contributed by atoms with Crippen LogP contribution in [0.4, 0.5) is 0 Å². The highest BCUT2D eigenvalue weighted by Crippen LogP contribution is 2.45. The summed E-state index contributed by atoms with van der Waals surface area (Å²) in [6, 6.07) is 0. The average molecular weight is 388 g/mol. The summed E-state index contributed by atoms with van der Waals surface area (Å²) in [7, 11) is -14.7. The van der Waals surface area contributed by atoms with Gasteiger partial charge in [-0.1, -0.05) is 0 Å². The van der Waals surface area contributed by atoms with Crippen LogP contribution in [0, 0.1) is 0 Å². The Bertz CT molecular complexity index is 502. The average Bonchev–Trinajstić information content (AvgIpc) is 2.22. The molecule has 1 fully saturated rings. The van der Waals surface area contributed by atoms with Crippen LogP contribution in [0.25, 0.3) is 0 Å². The predicted octanol–water partition coefficient (Wildman–Crippen LogP) is -1.16. The van der Waals surface area contributed by atoms with Crippen molar-refractivity contribution in [3.05, 3.63) is 0 Å². The maximum absolute atomic E-state index is 10.9. The summed E-state index contributed by atoms with van der Waals surface area (Å²) in [5, 5.41) is 0. The maximum Gasteiger partial charge on any atom is 0.469 e. The van der Waals surface area contributed by atoms with Crippen molar-refractivity contribution >= 4 is 23.5 Å². The summed E-state index contributed by atoms with van der Waals surface area (Å²) in [5.41, 5.74) is 0. The standard InChI is InChI=1S/C6H15O13P3/c7-20(8,9)17-3-6-5(19-22(13,14)15)1-4(2-16-6)18-21(10,11)12/h4-6H,1-3H2,(H2,7,8,9)(H2,10,11,12)(H2,13,14,15)/t4-,5+,6-/m1/s1. The first-order chi connectivity index (χ1) is 9.75. The highest BCUT2D eigenvalue weighted by molar-refractivity contribution is 7.46. The van der Waals surface area contributed by atoms with Crippen LogP contribution >= 0.6 is 23.5 Å². The number of phosphoric acid groups is 3. The Labute approximate surface area is 123 Å². The largest absolute Gasteiger partial charge is 0.469 e. The second kappa shape index (κ2) is 7.45. The van der Waals surface area contributed by atoms with Gasteiger partial charge in [0.25, 0.3) is 0 Å². The number of phosphoric ester groups is 3. The van der Waals surface area contributed by atoms with E-state index in [4.69, 9.17) is 34.1 Å². The molecule has 1 saturated heterocycles. The molecule has 0 bridgehead atoms. The first-order valence-corrected chi connectivity index (χ1v) is 10.1. The number of ether oxygens (including phenoxy) is 1. The first-order valence-electron chi connectivity index (χ1n) is 5.55. The zero-order valence-electron chi connectivity index (χ0n) is 10.7. The van der Waals surface area contributed by atoms with Crippen molar-refractivity contribution in [1.82, 2.24) is 0 Å². The third-order valence-corrected chi connectivity index (χ3v) is 3.98. The summed E-state index contributed by atoms with van der Waals surface area (Å²) in [5.74, 6) is 0. The fraction of sp³-hybridized carbons (Fsp3) is 1.00. The van der Waals surface area contributed by atoms with Gasteiger partial charge < -0.3 is 34.1 Å². The van der Waals surface area contributed by atoms with Gasteiger partial charge in [0.2, 0.25) is 0 Å². The van der Waals surface area contributed by atoms with Gasteiger partial charge in [-0.25, -0.2) is 13.7 Å². The first kappa shape index (κ1) is 20.3. The second-order valence-corrected chi connectivity index (χ2v) is 7.87. The summed E-state index contributed by atoms with van der Waals surface area (Å²) < 4.78 is 50.1. The molecule has 13 nitrogen and oxygen atoms in total. The molecule has 6 N–H and O–H groups in total. The van der Waals surface area contributed by atoms with E-state index in [0.29, 0.717) is 0 Å². The van der Waals surface area contributed by atoms with Crippen LogP contribution in [0.3, 0.4) is 0 Å². The Morgan fingerprint density at radius 2 is 1.45 bits per heavy atom. The van der Waals surface area contributed by atoms with Gasteiger partial charge in [0.15, 0.2) is 0 Å². The van der Waals surface area contributed by atoms with Crippen molar-refractivity contribution in [3.8, 4) is 0 Å². The van der Waals surface area contributed by atoms with Gasteiger partial charge in [0, 0.05) is 6.42 Å². The monoisotopic (exact) mass is 388 g/mol. The van der Waals surface area contributed by atoms with Crippen LogP contribution in [0.1, 0.15) is 6.42 Å². The molecule has 0 spiro atoms. The van der Waals surface area contributed by atoms with E-state index in [1.165, 1.54) is 0 Å². The van der Waals surface area contributed by atoms with E-state index < -0.39 is 61.4 Å². The van der Waals surface area contributed by atoms with E-state index in [-0.39, 0.29) is 0 Å². The van der Waals surface area contributed by atoms with Crippen LogP contribution in [-0.4, -0.2) is 60.9 Å². The Hall–Kier alpha value is 0.290. The molecule has 1 heterocycles. The van der Waals surface area contributed by atoms with Gasteiger partial charge in [0.1, 0.15) is 12.2 Å². The lowest BCUT2D eigenvalue weighted by atomic mass is 10.0. The van der Waals surface area contributed by atoms with Crippen molar-refractivity contribution in [2.45, 2.75) is 24.7 Å². The van der Waals surface area contributed by atoms with Gasteiger partial charge in [0.05, 0.1) is 19.3 Å². The summed E-state index contributed by atoms with van der Waals surface area (Å²) >= 11 is 0. The molecular formula is C6H15O13P3. The Kier molecular flexibility index (Phi) is 6.89. The van der Waals surface area contributed by atoms with Crippen LogP contribution < -0.4 is 0 Å². The molecule has 0 radical (unpaired) electrons. The molecule has 0 amide bonds. The quantitative estimate of drug-likeness (QED) is 0.285. The van der Waals surface area contributed by atoms with Crippen LogP contribution in [0.15, 0.2) is 0 Å². The molecular weight excluding hydrogens is 373 g/mol. The van der Waals surface area contributed by atoms with Crippen molar-refractivity contribution < 1.29 is 61.4 Å². The maximum atomic E-state index is 10.9. The SMILES string of the molecule is O=P(O)(O)OC[C@H]1OC[C@H](OP(=O)(O)O)C[C@@H]1OP(=O)(O)O. The fourth-order valence-electron chi connectivity index (χ4n) is 1.70. The van der Waals surface area contributed by atoms with Crippen molar-refractivity contribution in [1.29, 1.82) is 0 Å². The lowest BCUT2D eigenvalue weighted by molar-refractivity contribution is -0.129. The molecule has 132 valence electrons. The summed E-state index contributed by atoms with van der Waals surface area (Å²) in [6.45, 7) is -1.15. The lowest BCUT2D eigenvalue weighted by Gasteiger charge is -2.35. The van der Waals surface area contributed by atoms with E-state index in [9.17, 15) is 13.7 Å². The molecule has 3 atom stereocenters. The molecule has 0 aromatic rings. The molecule has 22 heavy (non-hydrogen) atoms. The van der Waals surface area contributed by atoms with Crippen molar-refractivity contribution in [3.63, 3.8) is 0 Å². The Morgan fingerprint density at radius 1 is 0.909 bits per heavy atom.